The van der Waals surface area contributed by atoms with Crippen molar-refractivity contribution < 1.29 is 14.7 Å². The normalized spacial score (nSPS) is 30.5. The maximum Gasteiger partial charge on any atom is 0.318 e. The van der Waals surface area contributed by atoms with Crippen LogP contribution in [0, 0.1) is 5.41 Å². The van der Waals surface area contributed by atoms with E-state index in [1.807, 2.05) is 0 Å². The van der Waals surface area contributed by atoms with E-state index < -0.39 is 11.4 Å². The van der Waals surface area contributed by atoms with Crippen molar-refractivity contribution in [1.82, 2.24) is 4.90 Å². The molecule has 0 aromatic rings. The minimum Gasteiger partial charge on any atom is -0.480 e. The van der Waals surface area contributed by atoms with Gasteiger partial charge >= 0.3 is 5.97 Å². The summed E-state index contributed by atoms with van der Waals surface area (Å²) < 4.78 is 0. The van der Waals surface area contributed by atoms with E-state index >= 15 is 0 Å². The minimum absolute atomic E-state index is 0.277. The van der Waals surface area contributed by atoms with E-state index in [1.54, 1.807) is 7.05 Å². The van der Waals surface area contributed by atoms with Gasteiger partial charge in [0, 0.05) is 13.6 Å². The van der Waals surface area contributed by atoms with Gasteiger partial charge in [-0.05, 0) is 19.8 Å². The standard InChI is InChI=1S/C8H13NO3/c1-8(7(11)12)4-3-5-9(2)6(8)10/h3-5H2,1-2H3,(H,11,12). The van der Waals surface area contributed by atoms with Gasteiger partial charge in [0.25, 0.3) is 0 Å². The second kappa shape index (κ2) is 2.77. The molecule has 1 amide bonds. The van der Waals surface area contributed by atoms with Crippen LogP contribution in [0.4, 0.5) is 0 Å². The van der Waals surface area contributed by atoms with Gasteiger partial charge in [-0.25, -0.2) is 0 Å². The summed E-state index contributed by atoms with van der Waals surface area (Å²) >= 11 is 0. The Morgan fingerprint density at radius 1 is 1.67 bits per heavy atom. The Balaban J connectivity index is 2.89. The third kappa shape index (κ3) is 1.17. The number of carboxylic acids is 1. The fraction of sp³-hybridized carbons (Fsp3) is 0.750. The van der Waals surface area contributed by atoms with E-state index in [-0.39, 0.29) is 5.91 Å². The molecule has 1 N–H and O–H groups in total. The summed E-state index contributed by atoms with van der Waals surface area (Å²) in [6.45, 7) is 2.16. The number of rotatable bonds is 1. The topological polar surface area (TPSA) is 57.6 Å². The van der Waals surface area contributed by atoms with E-state index in [2.05, 4.69) is 0 Å². The molecular weight excluding hydrogens is 158 g/mol. The first-order chi connectivity index (χ1) is 5.48. The Morgan fingerprint density at radius 2 is 2.25 bits per heavy atom. The van der Waals surface area contributed by atoms with E-state index in [9.17, 15) is 9.59 Å². The maximum atomic E-state index is 11.4. The fourth-order valence-corrected chi connectivity index (χ4v) is 1.50. The third-order valence-electron chi connectivity index (χ3n) is 2.46. The van der Waals surface area contributed by atoms with Gasteiger partial charge in [-0.15, -0.1) is 0 Å². The summed E-state index contributed by atoms with van der Waals surface area (Å²) in [6, 6.07) is 0. The zero-order chi connectivity index (χ0) is 9.35. The molecular formula is C8H13NO3. The van der Waals surface area contributed by atoms with Crippen LogP contribution in [-0.2, 0) is 9.59 Å². The highest BCUT2D eigenvalue weighted by Gasteiger charge is 2.44. The smallest absolute Gasteiger partial charge is 0.318 e. The maximum absolute atomic E-state index is 11.4. The lowest BCUT2D eigenvalue weighted by molar-refractivity contribution is -0.162. The average molecular weight is 171 g/mol. The van der Waals surface area contributed by atoms with Crippen LogP contribution < -0.4 is 0 Å². The van der Waals surface area contributed by atoms with Gasteiger partial charge in [0.2, 0.25) is 5.91 Å². The Bertz CT molecular complexity index is 226. The number of piperidine rings is 1. The first-order valence-corrected chi connectivity index (χ1v) is 3.97. The van der Waals surface area contributed by atoms with Crippen molar-refractivity contribution in [1.29, 1.82) is 0 Å². The van der Waals surface area contributed by atoms with Gasteiger partial charge in [0.15, 0.2) is 0 Å². The lowest BCUT2D eigenvalue weighted by Crippen LogP contribution is -2.49. The molecule has 1 atom stereocenters. The predicted molar refractivity (Wildman–Crippen MR) is 42.6 cm³/mol. The molecule has 0 aromatic heterocycles. The molecule has 0 spiro atoms. The molecule has 0 bridgehead atoms. The molecule has 4 heteroatoms. The molecule has 0 radical (unpaired) electrons. The summed E-state index contributed by atoms with van der Waals surface area (Å²) in [4.78, 5) is 23.7. The Kier molecular flexibility index (Phi) is 2.08. The molecule has 0 aliphatic carbocycles. The quantitative estimate of drug-likeness (QED) is 0.578. The van der Waals surface area contributed by atoms with Crippen molar-refractivity contribution >= 4 is 11.9 Å². The summed E-state index contributed by atoms with van der Waals surface area (Å²) in [6.07, 6.45) is 1.22. The molecule has 0 aromatic carbocycles. The second-order valence-electron chi connectivity index (χ2n) is 3.47. The van der Waals surface area contributed by atoms with Crippen molar-refractivity contribution in [2.75, 3.05) is 13.6 Å². The lowest BCUT2D eigenvalue weighted by Gasteiger charge is -2.34. The van der Waals surface area contributed by atoms with E-state index in [0.717, 1.165) is 6.42 Å². The molecule has 1 aliphatic rings. The molecule has 1 fully saturated rings. The van der Waals surface area contributed by atoms with Crippen LogP contribution >= 0.6 is 0 Å². The van der Waals surface area contributed by atoms with E-state index in [4.69, 9.17) is 5.11 Å². The number of likely N-dealkylation sites (tertiary alicyclic amines) is 1. The van der Waals surface area contributed by atoms with Crippen LogP contribution in [0.25, 0.3) is 0 Å². The number of amides is 1. The van der Waals surface area contributed by atoms with E-state index in [1.165, 1.54) is 11.8 Å². The van der Waals surface area contributed by atoms with Crippen LogP contribution in [0.3, 0.4) is 0 Å². The van der Waals surface area contributed by atoms with Gasteiger partial charge < -0.3 is 10.0 Å². The van der Waals surface area contributed by atoms with Crippen molar-refractivity contribution in [3.63, 3.8) is 0 Å². The van der Waals surface area contributed by atoms with Crippen LogP contribution in [0.2, 0.25) is 0 Å². The minimum atomic E-state index is -1.19. The molecule has 12 heavy (non-hydrogen) atoms. The van der Waals surface area contributed by atoms with Crippen molar-refractivity contribution in [3.05, 3.63) is 0 Å². The zero-order valence-corrected chi connectivity index (χ0v) is 7.33. The lowest BCUT2D eigenvalue weighted by atomic mass is 9.81. The first kappa shape index (κ1) is 9.03. The first-order valence-electron chi connectivity index (χ1n) is 3.97. The number of carboxylic acid groups (broad SMARTS) is 1. The summed E-state index contributed by atoms with van der Waals surface area (Å²) in [5, 5.41) is 8.84. The molecule has 1 unspecified atom stereocenters. The number of hydrogen-bond donors (Lipinski definition) is 1. The van der Waals surface area contributed by atoms with Crippen LogP contribution in [0.15, 0.2) is 0 Å². The van der Waals surface area contributed by atoms with Crippen molar-refractivity contribution in [2.24, 2.45) is 5.41 Å². The average Bonchev–Trinajstić information content (AvgIpc) is 2.00. The number of carbonyl (C=O) groups excluding carboxylic acids is 1. The highest BCUT2D eigenvalue weighted by atomic mass is 16.4. The summed E-state index contributed by atoms with van der Waals surface area (Å²) in [5.74, 6) is -1.29. The fourth-order valence-electron chi connectivity index (χ4n) is 1.50. The van der Waals surface area contributed by atoms with Gasteiger partial charge in [0.1, 0.15) is 5.41 Å². The molecule has 1 heterocycles. The number of aliphatic carboxylic acids is 1. The van der Waals surface area contributed by atoms with Gasteiger partial charge in [0.05, 0.1) is 0 Å². The number of carbonyl (C=O) groups is 2. The Labute approximate surface area is 71.2 Å². The van der Waals surface area contributed by atoms with Crippen molar-refractivity contribution in [3.8, 4) is 0 Å². The second-order valence-corrected chi connectivity index (χ2v) is 3.47. The highest BCUT2D eigenvalue weighted by Crippen LogP contribution is 2.30. The molecule has 0 saturated carbocycles. The van der Waals surface area contributed by atoms with Crippen LogP contribution in [0.1, 0.15) is 19.8 Å². The van der Waals surface area contributed by atoms with Gasteiger partial charge in [-0.3, -0.25) is 9.59 Å². The number of hydrogen-bond acceptors (Lipinski definition) is 2. The van der Waals surface area contributed by atoms with Gasteiger partial charge in [-0.1, -0.05) is 0 Å². The molecule has 4 nitrogen and oxygen atoms in total. The molecule has 68 valence electrons. The van der Waals surface area contributed by atoms with Gasteiger partial charge in [-0.2, -0.15) is 0 Å². The van der Waals surface area contributed by atoms with Crippen molar-refractivity contribution in [2.45, 2.75) is 19.8 Å². The zero-order valence-electron chi connectivity index (χ0n) is 7.33. The Morgan fingerprint density at radius 3 is 2.67 bits per heavy atom. The highest BCUT2D eigenvalue weighted by molar-refractivity contribution is 6.01. The SMILES string of the molecule is CN1CCCC(C)(C(=O)O)C1=O. The molecule has 1 aliphatic heterocycles. The van der Waals surface area contributed by atoms with Crippen LogP contribution in [-0.4, -0.2) is 35.5 Å². The monoisotopic (exact) mass is 171 g/mol. The summed E-state index contributed by atoms with van der Waals surface area (Å²) in [5.41, 5.74) is -1.19. The largest absolute Gasteiger partial charge is 0.480 e. The number of nitrogens with zero attached hydrogens (tertiary/aromatic N) is 1. The van der Waals surface area contributed by atoms with Crippen LogP contribution in [0.5, 0.6) is 0 Å². The molecule has 1 rings (SSSR count). The third-order valence-corrected chi connectivity index (χ3v) is 2.46. The van der Waals surface area contributed by atoms with E-state index in [0.29, 0.717) is 13.0 Å². The Hall–Kier alpha value is -1.06. The summed E-state index contributed by atoms with van der Waals surface area (Å²) in [7, 11) is 1.64. The predicted octanol–water partition coefficient (Wildman–Crippen LogP) is 0.330. The molecule has 1 saturated heterocycles.